The number of aryl methyl sites for hydroxylation is 1. The number of carbonyl (C=O) groups excluding carboxylic acids is 2. The Morgan fingerprint density at radius 3 is 2.53 bits per heavy atom. The van der Waals surface area contributed by atoms with Crippen molar-refractivity contribution < 1.29 is 14.3 Å². The van der Waals surface area contributed by atoms with Gasteiger partial charge in [-0.15, -0.1) is 0 Å². The molecule has 2 amide bonds. The van der Waals surface area contributed by atoms with Gasteiger partial charge in [-0.25, -0.2) is 4.90 Å². The number of imide groups is 1. The molecular formula is C14H16ClNO3. The lowest BCUT2D eigenvalue weighted by Crippen LogP contribution is -2.60. The number of nitrogens with zero attached hydrogens (tertiary/aromatic N) is 1. The molecular weight excluding hydrogens is 266 g/mol. The minimum atomic E-state index is -1.04. The highest BCUT2D eigenvalue weighted by atomic mass is 35.5. The van der Waals surface area contributed by atoms with E-state index in [9.17, 15) is 9.59 Å². The van der Waals surface area contributed by atoms with Crippen molar-refractivity contribution in [3.05, 3.63) is 28.8 Å². The standard InChI is InChI=1S/C14H16ClNO3/c1-8-5-6-11(10(15)7-8)16-12(17)9(2)19-14(3,4)13(16)18/h5-7,9H,1-4H3. The van der Waals surface area contributed by atoms with Gasteiger partial charge < -0.3 is 4.74 Å². The van der Waals surface area contributed by atoms with E-state index < -0.39 is 23.5 Å². The van der Waals surface area contributed by atoms with Gasteiger partial charge >= 0.3 is 0 Å². The fraction of sp³-hybridized carbons (Fsp3) is 0.429. The van der Waals surface area contributed by atoms with Crippen molar-refractivity contribution >= 4 is 29.1 Å². The summed E-state index contributed by atoms with van der Waals surface area (Å²) in [5, 5.41) is 0.381. The number of morpholine rings is 1. The van der Waals surface area contributed by atoms with Gasteiger partial charge in [0.05, 0.1) is 10.7 Å². The Morgan fingerprint density at radius 1 is 1.32 bits per heavy atom. The summed E-state index contributed by atoms with van der Waals surface area (Å²) in [4.78, 5) is 25.7. The van der Waals surface area contributed by atoms with Crippen molar-refractivity contribution in [2.75, 3.05) is 4.90 Å². The first-order valence-corrected chi connectivity index (χ1v) is 6.44. The Kier molecular flexibility index (Phi) is 3.41. The molecule has 2 rings (SSSR count). The van der Waals surface area contributed by atoms with Crippen molar-refractivity contribution in [3.8, 4) is 0 Å². The maximum atomic E-state index is 12.4. The summed E-state index contributed by atoms with van der Waals surface area (Å²) in [5.41, 5.74) is 0.335. The number of benzene rings is 1. The number of ether oxygens (including phenoxy) is 1. The third-order valence-electron chi connectivity index (χ3n) is 3.10. The third kappa shape index (κ3) is 2.38. The average molecular weight is 282 g/mol. The molecule has 0 bridgehead atoms. The summed E-state index contributed by atoms with van der Waals surface area (Å²) < 4.78 is 5.43. The van der Waals surface area contributed by atoms with E-state index in [-0.39, 0.29) is 0 Å². The predicted octanol–water partition coefficient (Wildman–Crippen LogP) is 2.71. The van der Waals surface area contributed by atoms with Crippen LogP contribution >= 0.6 is 11.6 Å². The smallest absolute Gasteiger partial charge is 0.265 e. The van der Waals surface area contributed by atoms with E-state index >= 15 is 0 Å². The molecule has 1 aromatic rings. The number of halogens is 1. The molecule has 19 heavy (non-hydrogen) atoms. The van der Waals surface area contributed by atoms with Gasteiger partial charge in [0.1, 0.15) is 11.7 Å². The van der Waals surface area contributed by atoms with Gasteiger partial charge in [0, 0.05) is 0 Å². The first-order chi connectivity index (χ1) is 8.74. The van der Waals surface area contributed by atoms with Crippen LogP contribution in [0, 0.1) is 6.92 Å². The monoisotopic (exact) mass is 281 g/mol. The topological polar surface area (TPSA) is 46.6 Å². The number of carbonyl (C=O) groups is 2. The van der Waals surface area contributed by atoms with E-state index in [0.29, 0.717) is 10.7 Å². The van der Waals surface area contributed by atoms with Crippen LogP contribution in [0.4, 0.5) is 5.69 Å². The second-order valence-corrected chi connectivity index (χ2v) is 5.61. The largest absolute Gasteiger partial charge is 0.353 e. The van der Waals surface area contributed by atoms with Crippen molar-refractivity contribution in [1.29, 1.82) is 0 Å². The van der Waals surface area contributed by atoms with E-state index in [1.165, 1.54) is 0 Å². The molecule has 0 radical (unpaired) electrons. The van der Waals surface area contributed by atoms with Gasteiger partial charge in [0.2, 0.25) is 0 Å². The highest BCUT2D eigenvalue weighted by Gasteiger charge is 2.46. The Hall–Kier alpha value is -1.39. The molecule has 1 saturated heterocycles. The molecule has 0 saturated carbocycles. The summed E-state index contributed by atoms with van der Waals surface area (Å²) in [7, 11) is 0. The zero-order valence-electron chi connectivity index (χ0n) is 11.4. The Morgan fingerprint density at radius 2 is 1.95 bits per heavy atom. The molecule has 1 aliphatic rings. The van der Waals surface area contributed by atoms with Crippen LogP contribution in [-0.2, 0) is 14.3 Å². The minimum absolute atomic E-state index is 0.381. The third-order valence-corrected chi connectivity index (χ3v) is 3.40. The zero-order valence-corrected chi connectivity index (χ0v) is 12.1. The zero-order chi connectivity index (χ0) is 14.4. The predicted molar refractivity (Wildman–Crippen MR) is 73.3 cm³/mol. The van der Waals surface area contributed by atoms with Gasteiger partial charge in [-0.3, -0.25) is 9.59 Å². The Bertz CT molecular complexity index is 554. The van der Waals surface area contributed by atoms with E-state index in [4.69, 9.17) is 16.3 Å². The van der Waals surface area contributed by atoms with E-state index in [1.807, 2.05) is 13.0 Å². The number of anilines is 1. The van der Waals surface area contributed by atoms with Crippen molar-refractivity contribution in [2.24, 2.45) is 0 Å². The first kappa shape index (κ1) is 14.0. The van der Waals surface area contributed by atoms with Crippen molar-refractivity contribution in [1.82, 2.24) is 0 Å². The average Bonchev–Trinajstić information content (AvgIpc) is 2.29. The van der Waals surface area contributed by atoms with Gasteiger partial charge in [-0.2, -0.15) is 0 Å². The molecule has 1 atom stereocenters. The van der Waals surface area contributed by atoms with Crippen LogP contribution in [0.3, 0.4) is 0 Å². The number of hydrogen-bond acceptors (Lipinski definition) is 3. The minimum Gasteiger partial charge on any atom is -0.353 e. The first-order valence-electron chi connectivity index (χ1n) is 6.06. The molecule has 0 aliphatic carbocycles. The summed E-state index contributed by atoms with van der Waals surface area (Å²) in [6.45, 7) is 6.82. The molecule has 1 aromatic carbocycles. The Balaban J connectivity index is 2.51. The summed E-state index contributed by atoms with van der Waals surface area (Å²) >= 11 is 6.15. The fourth-order valence-corrected chi connectivity index (χ4v) is 2.43. The van der Waals surface area contributed by atoms with Crippen molar-refractivity contribution in [2.45, 2.75) is 39.4 Å². The van der Waals surface area contributed by atoms with Gasteiger partial charge in [-0.05, 0) is 45.4 Å². The Labute approximate surface area is 117 Å². The van der Waals surface area contributed by atoms with Crippen LogP contribution in [-0.4, -0.2) is 23.5 Å². The van der Waals surface area contributed by atoms with Gasteiger partial charge in [0.15, 0.2) is 0 Å². The van der Waals surface area contributed by atoms with Crippen molar-refractivity contribution in [3.63, 3.8) is 0 Å². The van der Waals surface area contributed by atoms with Crippen LogP contribution < -0.4 is 4.90 Å². The van der Waals surface area contributed by atoms with E-state index in [1.54, 1.807) is 32.9 Å². The second kappa shape index (κ2) is 4.62. The number of rotatable bonds is 1. The lowest BCUT2D eigenvalue weighted by molar-refractivity contribution is -0.164. The van der Waals surface area contributed by atoms with Crippen LogP contribution in [0.2, 0.25) is 5.02 Å². The molecule has 102 valence electrons. The van der Waals surface area contributed by atoms with Gasteiger partial charge in [0.25, 0.3) is 11.8 Å². The second-order valence-electron chi connectivity index (χ2n) is 5.20. The summed E-state index contributed by atoms with van der Waals surface area (Å²) in [6, 6.07) is 5.22. The molecule has 0 N–H and O–H groups in total. The highest BCUT2D eigenvalue weighted by molar-refractivity contribution is 6.35. The molecule has 1 unspecified atom stereocenters. The molecule has 1 aliphatic heterocycles. The number of hydrogen-bond donors (Lipinski definition) is 0. The molecule has 0 spiro atoms. The highest BCUT2D eigenvalue weighted by Crippen LogP contribution is 2.33. The molecule has 0 aromatic heterocycles. The van der Waals surface area contributed by atoms with Crippen LogP contribution in [0.15, 0.2) is 18.2 Å². The normalized spacial score (nSPS) is 22.8. The lowest BCUT2D eigenvalue weighted by Gasteiger charge is -2.39. The lowest BCUT2D eigenvalue weighted by atomic mass is 10.0. The summed E-state index contributed by atoms with van der Waals surface area (Å²) in [6.07, 6.45) is -0.676. The van der Waals surface area contributed by atoms with Crippen LogP contribution in [0.5, 0.6) is 0 Å². The molecule has 5 heteroatoms. The summed E-state index contributed by atoms with van der Waals surface area (Å²) in [5.74, 6) is -0.795. The molecule has 4 nitrogen and oxygen atoms in total. The van der Waals surface area contributed by atoms with Crippen LogP contribution in [0.1, 0.15) is 26.3 Å². The van der Waals surface area contributed by atoms with E-state index in [2.05, 4.69) is 0 Å². The van der Waals surface area contributed by atoms with Gasteiger partial charge in [-0.1, -0.05) is 17.7 Å². The van der Waals surface area contributed by atoms with Crippen LogP contribution in [0.25, 0.3) is 0 Å². The van der Waals surface area contributed by atoms with E-state index in [0.717, 1.165) is 10.5 Å². The quantitative estimate of drug-likeness (QED) is 0.744. The maximum absolute atomic E-state index is 12.4. The number of amides is 2. The molecule has 1 heterocycles. The SMILES string of the molecule is Cc1ccc(N2C(=O)C(C)OC(C)(C)C2=O)c(Cl)c1. The fourth-order valence-electron chi connectivity index (χ4n) is 2.12. The maximum Gasteiger partial charge on any atom is 0.265 e. The molecule has 1 fully saturated rings.